The van der Waals surface area contributed by atoms with Crippen molar-refractivity contribution in [1.82, 2.24) is 4.98 Å². The normalized spacial score (nSPS) is 23.9. The second-order valence-electron chi connectivity index (χ2n) is 7.57. The van der Waals surface area contributed by atoms with Gasteiger partial charge in [-0.3, -0.25) is 9.59 Å². The van der Waals surface area contributed by atoms with Crippen LogP contribution in [0.5, 0.6) is 0 Å². The fourth-order valence-corrected chi connectivity index (χ4v) is 4.66. The second-order valence-corrected chi connectivity index (χ2v) is 7.57. The lowest BCUT2D eigenvalue weighted by Crippen LogP contribution is -2.20. The maximum atomic E-state index is 12.4. The SMILES string of the molecule is CCOC(=O)c1c(C)[nH]c(C(=O)COC(=O)C[C@@H]2C[C@H]3CC[C@@H]2C3)c1C. The lowest BCUT2D eigenvalue weighted by Gasteiger charge is -2.20. The first-order valence-corrected chi connectivity index (χ1v) is 9.45. The molecule has 6 nitrogen and oxygen atoms in total. The summed E-state index contributed by atoms with van der Waals surface area (Å²) in [6.07, 6.45) is 5.29. The van der Waals surface area contributed by atoms with Crippen molar-refractivity contribution in [3.63, 3.8) is 0 Å². The molecule has 0 aromatic carbocycles. The van der Waals surface area contributed by atoms with Crippen molar-refractivity contribution >= 4 is 17.7 Å². The van der Waals surface area contributed by atoms with Crippen LogP contribution in [0.1, 0.15) is 71.1 Å². The summed E-state index contributed by atoms with van der Waals surface area (Å²) in [5, 5.41) is 0. The molecule has 2 fully saturated rings. The molecule has 0 spiro atoms. The molecular weight excluding hydrogens is 334 g/mol. The van der Waals surface area contributed by atoms with Crippen LogP contribution in [0, 0.1) is 31.6 Å². The number of hydrogen-bond acceptors (Lipinski definition) is 5. The van der Waals surface area contributed by atoms with E-state index >= 15 is 0 Å². The van der Waals surface area contributed by atoms with E-state index in [1.165, 1.54) is 19.3 Å². The number of aromatic amines is 1. The Balaban J connectivity index is 1.55. The first-order chi connectivity index (χ1) is 12.4. The van der Waals surface area contributed by atoms with Gasteiger partial charge >= 0.3 is 11.9 Å². The zero-order valence-electron chi connectivity index (χ0n) is 15.7. The summed E-state index contributed by atoms with van der Waals surface area (Å²) in [4.78, 5) is 39.5. The van der Waals surface area contributed by atoms with E-state index in [1.54, 1.807) is 20.8 Å². The van der Waals surface area contributed by atoms with Gasteiger partial charge in [0.1, 0.15) is 0 Å². The minimum absolute atomic E-state index is 0.271. The minimum Gasteiger partial charge on any atom is -0.462 e. The molecule has 2 saturated carbocycles. The molecule has 0 amide bonds. The number of hydrogen-bond donors (Lipinski definition) is 1. The molecular formula is C20H27NO5. The van der Waals surface area contributed by atoms with Crippen molar-refractivity contribution < 1.29 is 23.9 Å². The van der Waals surface area contributed by atoms with Crippen LogP contribution >= 0.6 is 0 Å². The van der Waals surface area contributed by atoms with Gasteiger partial charge in [0, 0.05) is 12.1 Å². The van der Waals surface area contributed by atoms with Crippen molar-refractivity contribution in [2.45, 2.75) is 52.9 Å². The van der Waals surface area contributed by atoms with Gasteiger partial charge in [0.2, 0.25) is 5.78 Å². The number of esters is 2. The quantitative estimate of drug-likeness (QED) is 0.594. The third kappa shape index (κ3) is 3.69. The standard InChI is InChI=1S/C20H27NO5/c1-4-25-20(24)18-11(2)19(21-12(18)3)16(22)10-26-17(23)9-15-8-13-5-6-14(15)7-13/h13-15,21H,4-10H2,1-3H3/t13-,14+,15-/m0/s1. The number of aromatic nitrogens is 1. The number of carbonyl (C=O) groups excluding carboxylic acids is 3. The summed E-state index contributed by atoms with van der Waals surface area (Å²) in [5.74, 6) is 0.770. The molecule has 0 aliphatic heterocycles. The number of aryl methyl sites for hydroxylation is 1. The molecule has 1 aromatic heterocycles. The lowest BCUT2D eigenvalue weighted by atomic mass is 9.86. The minimum atomic E-state index is -0.453. The number of Topliss-reactive ketones (excluding diaryl/α,β-unsaturated/α-hetero) is 1. The van der Waals surface area contributed by atoms with Gasteiger partial charge in [-0.25, -0.2) is 4.79 Å². The van der Waals surface area contributed by atoms with Gasteiger partial charge < -0.3 is 14.5 Å². The van der Waals surface area contributed by atoms with Crippen molar-refractivity contribution in [1.29, 1.82) is 0 Å². The van der Waals surface area contributed by atoms with E-state index in [0.29, 0.717) is 40.8 Å². The van der Waals surface area contributed by atoms with Crippen LogP contribution in [0.3, 0.4) is 0 Å². The Labute approximate surface area is 153 Å². The molecule has 1 N–H and O–H groups in total. The van der Waals surface area contributed by atoms with E-state index in [4.69, 9.17) is 9.47 Å². The largest absolute Gasteiger partial charge is 0.462 e. The van der Waals surface area contributed by atoms with E-state index in [2.05, 4.69) is 4.98 Å². The highest BCUT2D eigenvalue weighted by Gasteiger charge is 2.40. The summed E-state index contributed by atoms with van der Waals surface area (Å²) < 4.78 is 10.2. The summed E-state index contributed by atoms with van der Waals surface area (Å²) >= 11 is 0. The Hall–Kier alpha value is -2.11. The van der Waals surface area contributed by atoms with Crippen LogP contribution in [0.2, 0.25) is 0 Å². The molecule has 3 rings (SSSR count). The van der Waals surface area contributed by atoms with Gasteiger partial charge in [-0.1, -0.05) is 6.42 Å². The van der Waals surface area contributed by atoms with Crippen LogP contribution in [-0.4, -0.2) is 35.9 Å². The van der Waals surface area contributed by atoms with Crippen LogP contribution in [0.4, 0.5) is 0 Å². The Morgan fingerprint density at radius 2 is 1.88 bits per heavy atom. The lowest BCUT2D eigenvalue weighted by molar-refractivity contribution is -0.144. The smallest absolute Gasteiger partial charge is 0.340 e. The monoisotopic (exact) mass is 361 g/mol. The van der Waals surface area contributed by atoms with E-state index in [-0.39, 0.29) is 25.0 Å². The van der Waals surface area contributed by atoms with Gasteiger partial charge in [0.15, 0.2) is 6.61 Å². The Morgan fingerprint density at radius 3 is 2.50 bits per heavy atom. The highest BCUT2D eigenvalue weighted by Crippen LogP contribution is 2.49. The molecule has 0 unspecified atom stereocenters. The zero-order valence-corrected chi connectivity index (χ0v) is 15.7. The second kappa shape index (κ2) is 7.64. The molecule has 0 radical (unpaired) electrons. The number of fused-ring (bicyclic) bond motifs is 2. The summed E-state index contributed by atoms with van der Waals surface area (Å²) in [5.41, 5.74) is 1.80. The van der Waals surface area contributed by atoms with Gasteiger partial charge in [0.05, 0.1) is 17.9 Å². The van der Waals surface area contributed by atoms with Gasteiger partial charge in [0.25, 0.3) is 0 Å². The van der Waals surface area contributed by atoms with Crippen molar-refractivity contribution in [3.05, 3.63) is 22.5 Å². The van der Waals surface area contributed by atoms with E-state index < -0.39 is 5.97 Å². The molecule has 1 aromatic rings. The maximum absolute atomic E-state index is 12.4. The summed E-state index contributed by atoms with van der Waals surface area (Å²) in [7, 11) is 0. The molecule has 1 heterocycles. The summed E-state index contributed by atoms with van der Waals surface area (Å²) in [6, 6.07) is 0. The number of ketones is 1. The highest BCUT2D eigenvalue weighted by atomic mass is 16.5. The molecule has 3 atom stereocenters. The third-order valence-corrected chi connectivity index (χ3v) is 5.87. The molecule has 6 heteroatoms. The Kier molecular flexibility index (Phi) is 5.49. The molecule has 2 bridgehead atoms. The first kappa shape index (κ1) is 18.7. The maximum Gasteiger partial charge on any atom is 0.340 e. The topological polar surface area (TPSA) is 85.5 Å². The van der Waals surface area contributed by atoms with Gasteiger partial charge in [-0.2, -0.15) is 0 Å². The molecule has 26 heavy (non-hydrogen) atoms. The van der Waals surface area contributed by atoms with E-state index in [0.717, 1.165) is 12.3 Å². The zero-order chi connectivity index (χ0) is 18.8. The van der Waals surface area contributed by atoms with Gasteiger partial charge in [-0.05, 0) is 63.4 Å². The van der Waals surface area contributed by atoms with Crippen molar-refractivity contribution in [3.8, 4) is 0 Å². The fourth-order valence-electron chi connectivity index (χ4n) is 4.66. The van der Waals surface area contributed by atoms with E-state index in [9.17, 15) is 14.4 Å². The average Bonchev–Trinajstić information content (AvgIpc) is 3.27. The third-order valence-electron chi connectivity index (χ3n) is 5.87. The van der Waals surface area contributed by atoms with Crippen LogP contribution in [0.15, 0.2) is 0 Å². The molecule has 142 valence electrons. The first-order valence-electron chi connectivity index (χ1n) is 9.45. The van der Waals surface area contributed by atoms with Crippen molar-refractivity contribution in [2.24, 2.45) is 17.8 Å². The van der Waals surface area contributed by atoms with Crippen LogP contribution < -0.4 is 0 Å². The fraction of sp³-hybridized carbons (Fsp3) is 0.650. The van der Waals surface area contributed by atoms with E-state index in [1.807, 2.05) is 0 Å². The van der Waals surface area contributed by atoms with Gasteiger partial charge in [-0.15, -0.1) is 0 Å². The molecule has 2 aliphatic carbocycles. The van der Waals surface area contributed by atoms with Crippen LogP contribution in [0.25, 0.3) is 0 Å². The highest BCUT2D eigenvalue weighted by molar-refractivity contribution is 6.02. The predicted octanol–water partition coefficient (Wildman–Crippen LogP) is 3.36. The number of nitrogens with one attached hydrogen (secondary N) is 1. The number of H-pyrrole nitrogens is 1. The summed E-state index contributed by atoms with van der Waals surface area (Å²) in [6.45, 7) is 5.11. The molecule has 2 aliphatic rings. The number of rotatable bonds is 7. The number of carbonyl (C=O) groups is 3. The average molecular weight is 361 g/mol. The molecule has 0 saturated heterocycles. The van der Waals surface area contributed by atoms with Crippen LogP contribution in [-0.2, 0) is 14.3 Å². The Bertz CT molecular complexity index is 720. The Morgan fingerprint density at radius 1 is 1.12 bits per heavy atom. The predicted molar refractivity (Wildman–Crippen MR) is 95.1 cm³/mol. The van der Waals surface area contributed by atoms with Crippen molar-refractivity contribution in [2.75, 3.05) is 13.2 Å². The number of ether oxygens (including phenoxy) is 2.